The van der Waals surface area contributed by atoms with E-state index in [1.54, 1.807) is 31.2 Å². The van der Waals surface area contributed by atoms with Crippen LogP contribution in [0.3, 0.4) is 0 Å². The molecule has 0 aliphatic heterocycles. The largest absolute Gasteiger partial charge is 0.397 e. The summed E-state index contributed by atoms with van der Waals surface area (Å²) in [5, 5.41) is 0. The highest BCUT2D eigenvalue weighted by molar-refractivity contribution is 6.05. The van der Waals surface area contributed by atoms with Gasteiger partial charge >= 0.3 is 0 Å². The molecule has 1 aromatic heterocycles. The van der Waals surface area contributed by atoms with Crippen LogP contribution in [0.2, 0.25) is 0 Å². The molecule has 0 radical (unpaired) electrons. The van der Waals surface area contributed by atoms with Gasteiger partial charge in [-0.2, -0.15) is 0 Å². The Morgan fingerprint density at radius 2 is 2.05 bits per heavy atom. The molecule has 1 aromatic carbocycles. The number of nitrogen functional groups attached to an aromatic ring is 1. The molecule has 0 saturated heterocycles. The number of benzene rings is 1. The van der Waals surface area contributed by atoms with Crippen LogP contribution in [0.4, 0.5) is 15.9 Å². The van der Waals surface area contributed by atoms with Crippen LogP contribution in [0.5, 0.6) is 0 Å². The zero-order chi connectivity index (χ0) is 13.8. The van der Waals surface area contributed by atoms with Gasteiger partial charge in [-0.3, -0.25) is 9.69 Å². The molecule has 0 aliphatic carbocycles. The second kappa shape index (κ2) is 5.48. The number of hydrogen-bond donors (Lipinski definition) is 1. The van der Waals surface area contributed by atoms with Crippen molar-refractivity contribution in [3.8, 4) is 0 Å². The molecule has 0 saturated carbocycles. The Morgan fingerprint density at radius 3 is 2.63 bits per heavy atom. The molecular weight excluding hydrogens is 245 g/mol. The van der Waals surface area contributed by atoms with Crippen molar-refractivity contribution in [3.63, 3.8) is 0 Å². The fraction of sp³-hybridized carbons (Fsp3) is 0.143. The second-order valence-electron chi connectivity index (χ2n) is 3.98. The molecule has 0 unspecified atom stereocenters. The quantitative estimate of drug-likeness (QED) is 0.921. The molecule has 2 rings (SSSR count). The Kier molecular flexibility index (Phi) is 3.75. The molecule has 1 amide bonds. The summed E-state index contributed by atoms with van der Waals surface area (Å²) in [4.78, 5) is 17.8. The fourth-order valence-electron chi connectivity index (χ4n) is 1.75. The topological polar surface area (TPSA) is 59.2 Å². The smallest absolute Gasteiger partial charge is 0.262 e. The van der Waals surface area contributed by atoms with E-state index >= 15 is 0 Å². The van der Waals surface area contributed by atoms with Gasteiger partial charge in [-0.1, -0.05) is 12.1 Å². The van der Waals surface area contributed by atoms with Crippen LogP contribution >= 0.6 is 0 Å². The van der Waals surface area contributed by atoms with Gasteiger partial charge in [0.1, 0.15) is 11.6 Å². The van der Waals surface area contributed by atoms with Crippen LogP contribution in [0.25, 0.3) is 0 Å². The molecule has 98 valence electrons. The number of aromatic nitrogens is 1. The number of halogens is 1. The zero-order valence-corrected chi connectivity index (χ0v) is 10.5. The molecular formula is C14H14FN3O. The maximum absolute atomic E-state index is 13.6. The normalized spacial score (nSPS) is 10.2. The molecule has 0 fully saturated rings. The molecule has 2 N–H and O–H groups in total. The summed E-state index contributed by atoms with van der Waals surface area (Å²) in [6.07, 6.45) is 1.46. The average molecular weight is 259 g/mol. The minimum atomic E-state index is -0.540. The third kappa shape index (κ3) is 2.70. The van der Waals surface area contributed by atoms with E-state index in [1.165, 1.54) is 23.2 Å². The van der Waals surface area contributed by atoms with Gasteiger partial charge in [0.2, 0.25) is 0 Å². The van der Waals surface area contributed by atoms with Gasteiger partial charge in [-0.05, 0) is 31.2 Å². The monoisotopic (exact) mass is 259 g/mol. The highest BCUT2D eigenvalue weighted by Gasteiger charge is 2.19. The minimum Gasteiger partial charge on any atom is -0.397 e. The highest BCUT2D eigenvalue weighted by Crippen LogP contribution is 2.17. The van der Waals surface area contributed by atoms with E-state index in [9.17, 15) is 9.18 Å². The third-order valence-electron chi connectivity index (χ3n) is 2.71. The number of rotatable bonds is 3. The van der Waals surface area contributed by atoms with Crippen molar-refractivity contribution >= 4 is 17.4 Å². The molecule has 0 spiro atoms. The fourth-order valence-corrected chi connectivity index (χ4v) is 1.75. The van der Waals surface area contributed by atoms with Gasteiger partial charge in [-0.25, -0.2) is 9.37 Å². The van der Waals surface area contributed by atoms with Crippen molar-refractivity contribution in [3.05, 3.63) is 54.0 Å². The maximum atomic E-state index is 13.6. The predicted octanol–water partition coefficient (Wildman–Crippen LogP) is 2.47. The number of nitrogens with zero attached hydrogens (tertiary/aromatic N) is 2. The third-order valence-corrected chi connectivity index (χ3v) is 2.71. The molecule has 5 heteroatoms. The number of amides is 1. The van der Waals surface area contributed by atoms with Crippen LogP contribution < -0.4 is 10.6 Å². The first-order chi connectivity index (χ1) is 9.13. The first-order valence-corrected chi connectivity index (χ1v) is 5.91. The average Bonchev–Trinajstić information content (AvgIpc) is 2.42. The Bertz CT molecular complexity index is 583. The lowest BCUT2D eigenvalue weighted by molar-refractivity contribution is 0.0983. The molecule has 19 heavy (non-hydrogen) atoms. The summed E-state index contributed by atoms with van der Waals surface area (Å²) in [6, 6.07) is 9.18. The summed E-state index contributed by atoms with van der Waals surface area (Å²) in [7, 11) is 0. The van der Waals surface area contributed by atoms with E-state index in [0.717, 1.165) is 0 Å². The number of anilines is 2. The van der Waals surface area contributed by atoms with Crippen molar-refractivity contribution in [2.75, 3.05) is 17.2 Å². The zero-order valence-electron chi connectivity index (χ0n) is 10.5. The van der Waals surface area contributed by atoms with E-state index in [0.29, 0.717) is 18.1 Å². The van der Waals surface area contributed by atoms with Crippen LogP contribution in [0.15, 0.2) is 42.6 Å². The predicted molar refractivity (Wildman–Crippen MR) is 72.4 cm³/mol. The molecule has 2 aromatic rings. The standard InChI is InChI=1S/C14H14FN3O/c1-2-18(13-8-7-10(16)9-17-13)14(19)11-5-3-4-6-12(11)15/h3-9H,2,16H2,1H3. The number of pyridine rings is 1. The number of carbonyl (C=O) groups is 1. The molecule has 1 heterocycles. The SMILES string of the molecule is CCN(C(=O)c1ccccc1F)c1ccc(N)cn1. The van der Waals surface area contributed by atoms with Gasteiger partial charge in [0.15, 0.2) is 0 Å². The van der Waals surface area contributed by atoms with Crippen molar-refractivity contribution in [1.82, 2.24) is 4.98 Å². The first kappa shape index (κ1) is 13.0. The van der Waals surface area contributed by atoms with Crippen molar-refractivity contribution < 1.29 is 9.18 Å². The van der Waals surface area contributed by atoms with Gasteiger partial charge in [-0.15, -0.1) is 0 Å². The lowest BCUT2D eigenvalue weighted by Crippen LogP contribution is -2.32. The maximum Gasteiger partial charge on any atom is 0.262 e. The van der Waals surface area contributed by atoms with E-state index in [-0.39, 0.29) is 5.56 Å². The van der Waals surface area contributed by atoms with Crippen molar-refractivity contribution in [1.29, 1.82) is 0 Å². The van der Waals surface area contributed by atoms with Crippen molar-refractivity contribution in [2.24, 2.45) is 0 Å². The minimum absolute atomic E-state index is 0.0305. The highest BCUT2D eigenvalue weighted by atomic mass is 19.1. The van der Waals surface area contributed by atoms with Crippen LogP contribution in [-0.4, -0.2) is 17.4 Å². The van der Waals surface area contributed by atoms with Gasteiger partial charge < -0.3 is 5.73 Å². The molecule has 0 bridgehead atoms. The summed E-state index contributed by atoms with van der Waals surface area (Å²) in [6.45, 7) is 2.20. The van der Waals surface area contributed by atoms with Crippen LogP contribution in [-0.2, 0) is 0 Å². The summed E-state index contributed by atoms with van der Waals surface area (Å²) < 4.78 is 13.6. The van der Waals surface area contributed by atoms with E-state index < -0.39 is 11.7 Å². The van der Waals surface area contributed by atoms with Crippen molar-refractivity contribution in [2.45, 2.75) is 6.92 Å². The summed E-state index contributed by atoms with van der Waals surface area (Å²) in [5.74, 6) is -0.510. The van der Waals surface area contributed by atoms with Gasteiger partial charge in [0.05, 0.1) is 17.4 Å². The summed E-state index contributed by atoms with van der Waals surface area (Å²) in [5.41, 5.74) is 6.10. The van der Waals surface area contributed by atoms with Gasteiger partial charge in [0, 0.05) is 6.54 Å². The lowest BCUT2D eigenvalue weighted by atomic mass is 10.2. The van der Waals surface area contributed by atoms with E-state index in [4.69, 9.17) is 5.73 Å². The summed E-state index contributed by atoms with van der Waals surface area (Å²) >= 11 is 0. The molecule has 0 aliphatic rings. The Labute approximate surface area is 110 Å². The Balaban J connectivity index is 2.35. The number of carbonyl (C=O) groups excluding carboxylic acids is 1. The van der Waals surface area contributed by atoms with E-state index in [1.807, 2.05) is 0 Å². The lowest BCUT2D eigenvalue weighted by Gasteiger charge is -2.20. The van der Waals surface area contributed by atoms with Crippen LogP contribution in [0, 0.1) is 5.82 Å². The Hall–Kier alpha value is -2.43. The second-order valence-corrected chi connectivity index (χ2v) is 3.98. The number of nitrogens with two attached hydrogens (primary N) is 1. The van der Waals surface area contributed by atoms with Crippen LogP contribution in [0.1, 0.15) is 17.3 Å². The number of hydrogen-bond acceptors (Lipinski definition) is 3. The Morgan fingerprint density at radius 1 is 1.32 bits per heavy atom. The molecule has 0 atom stereocenters. The van der Waals surface area contributed by atoms with E-state index in [2.05, 4.69) is 4.98 Å². The molecule has 4 nitrogen and oxygen atoms in total. The first-order valence-electron chi connectivity index (χ1n) is 5.91. The van der Waals surface area contributed by atoms with Gasteiger partial charge in [0.25, 0.3) is 5.91 Å².